The van der Waals surface area contributed by atoms with Crippen LogP contribution in [0.2, 0.25) is 0 Å². The van der Waals surface area contributed by atoms with Gasteiger partial charge in [0.1, 0.15) is 0 Å². The summed E-state index contributed by atoms with van der Waals surface area (Å²) in [6.07, 6.45) is 2.30. The third-order valence-corrected chi connectivity index (χ3v) is 3.40. The maximum Gasteiger partial charge on any atom is 0.234 e. The first kappa shape index (κ1) is 15.7. The second-order valence-corrected chi connectivity index (χ2v) is 5.29. The molecule has 0 radical (unpaired) electrons. The molecule has 0 fully saturated rings. The van der Waals surface area contributed by atoms with Gasteiger partial charge in [0, 0.05) is 12.6 Å². The van der Waals surface area contributed by atoms with Gasteiger partial charge in [-0.2, -0.15) is 0 Å². The van der Waals surface area contributed by atoms with Crippen molar-refractivity contribution in [2.75, 3.05) is 6.54 Å². The van der Waals surface area contributed by atoms with E-state index in [1.165, 1.54) is 6.42 Å². The molecule has 1 aromatic rings. The molecule has 0 saturated carbocycles. The molecule has 0 bridgehead atoms. The molecule has 1 amide bonds. The Labute approximate surface area is 116 Å². The van der Waals surface area contributed by atoms with Gasteiger partial charge < -0.3 is 10.6 Å². The van der Waals surface area contributed by atoms with Crippen molar-refractivity contribution in [3.8, 4) is 0 Å². The van der Waals surface area contributed by atoms with E-state index in [-0.39, 0.29) is 5.91 Å². The lowest BCUT2D eigenvalue weighted by Crippen LogP contribution is -2.38. The second-order valence-electron chi connectivity index (χ2n) is 5.29. The van der Waals surface area contributed by atoms with Crippen LogP contribution >= 0.6 is 0 Å². The highest BCUT2D eigenvalue weighted by molar-refractivity contribution is 5.77. The number of nitrogens with one attached hydrogen (secondary N) is 2. The van der Waals surface area contributed by atoms with Crippen LogP contribution in [0.1, 0.15) is 39.2 Å². The van der Waals surface area contributed by atoms with Crippen molar-refractivity contribution in [1.82, 2.24) is 10.6 Å². The van der Waals surface area contributed by atoms with Crippen molar-refractivity contribution < 1.29 is 4.79 Å². The number of carbonyl (C=O) groups is 1. The molecular formula is C16H26N2O. The zero-order chi connectivity index (χ0) is 14.1. The number of rotatable bonds is 8. The topological polar surface area (TPSA) is 41.1 Å². The molecule has 0 aromatic heterocycles. The van der Waals surface area contributed by atoms with Crippen LogP contribution in [0.4, 0.5) is 0 Å². The van der Waals surface area contributed by atoms with Crippen LogP contribution in [0.25, 0.3) is 0 Å². The van der Waals surface area contributed by atoms with Crippen LogP contribution in [0.3, 0.4) is 0 Å². The zero-order valence-electron chi connectivity index (χ0n) is 12.3. The van der Waals surface area contributed by atoms with Gasteiger partial charge in [0.25, 0.3) is 0 Å². The Morgan fingerprint density at radius 1 is 1.21 bits per heavy atom. The van der Waals surface area contributed by atoms with Gasteiger partial charge in [-0.3, -0.25) is 4.79 Å². The Balaban J connectivity index is 2.17. The van der Waals surface area contributed by atoms with E-state index >= 15 is 0 Å². The summed E-state index contributed by atoms with van der Waals surface area (Å²) >= 11 is 0. The lowest BCUT2D eigenvalue weighted by Gasteiger charge is -2.17. The van der Waals surface area contributed by atoms with Crippen molar-refractivity contribution in [3.05, 3.63) is 35.9 Å². The van der Waals surface area contributed by atoms with E-state index in [4.69, 9.17) is 0 Å². The van der Waals surface area contributed by atoms with Crippen molar-refractivity contribution in [2.24, 2.45) is 5.92 Å². The predicted octanol–water partition coefficient (Wildman–Crippen LogP) is 2.72. The Bertz CT molecular complexity index is 364. The molecule has 2 unspecified atom stereocenters. The van der Waals surface area contributed by atoms with Gasteiger partial charge >= 0.3 is 0 Å². The number of carbonyl (C=O) groups excluding carboxylic acids is 1. The average Bonchev–Trinajstić information content (AvgIpc) is 2.43. The Kier molecular flexibility index (Phi) is 7.19. The molecule has 2 N–H and O–H groups in total. The molecule has 3 nitrogen and oxygen atoms in total. The number of hydrogen-bond donors (Lipinski definition) is 2. The van der Waals surface area contributed by atoms with Gasteiger partial charge in [0.05, 0.1) is 6.54 Å². The van der Waals surface area contributed by atoms with Crippen LogP contribution in [0, 0.1) is 5.92 Å². The van der Waals surface area contributed by atoms with Gasteiger partial charge in [-0.1, -0.05) is 50.6 Å². The minimum atomic E-state index is 0.0554. The van der Waals surface area contributed by atoms with E-state index in [9.17, 15) is 4.79 Å². The smallest absolute Gasteiger partial charge is 0.234 e. The predicted molar refractivity (Wildman–Crippen MR) is 79.8 cm³/mol. The van der Waals surface area contributed by atoms with Gasteiger partial charge in [-0.15, -0.1) is 0 Å². The molecule has 2 atom stereocenters. The molecule has 0 heterocycles. The molecule has 3 heteroatoms. The Morgan fingerprint density at radius 2 is 1.89 bits per heavy atom. The normalized spacial score (nSPS) is 13.8. The fourth-order valence-electron chi connectivity index (χ4n) is 1.98. The first-order valence-electron chi connectivity index (χ1n) is 7.15. The molecule has 0 spiro atoms. The lowest BCUT2D eigenvalue weighted by molar-refractivity contribution is -0.120. The summed E-state index contributed by atoms with van der Waals surface area (Å²) in [6, 6.07) is 10.3. The monoisotopic (exact) mass is 262 g/mol. The third kappa shape index (κ3) is 6.97. The van der Waals surface area contributed by atoms with Gasteiger partial charge in [0.15, 0.2) is 0 Å². The standard InChI is InChI=1S/C16H26N2O/c1-4-13(2)10-14(3)17-12-16(19)18-11-15-8-6-5-7-9-15/h5-9,13-14,17H,4,10-12H2,1-3H3,(H,18,19). The van der Waals surface area contributed by atoms with E-state index in [1.54, 1.807) is 0 Å². The maximum atomic E-state index is 11.7. The van der Waals surface area contributed by atoms with Gasteiger partial charge in [-0.05, 0) is 24.8 Å². The minimum Gasteiger partial charge on any atom is -0.351 e. The lowest BCUT2D eigenvalue weighted by atomic mass is 10.0. The first-order chi connectivity index (χ1) is 9.11. The molecule has 0 aliphatic rings. The van der Waals surface area contributed by atoms with Crippen LogP contribution in [-0.4, -0.2) is 18.5 Å². The second kappa shape index (κ2) is 8.70. The summed E-state index contributed by atoms with van der Waals surface area (Å²) in [5.74, 6) is 0.759. The van der Waals surface area contributed by atoms with E-state index < -0.39 is 0 Å². The van der Waals surface area contributed by atoms with Crippen molar-refractivity contribution in [2.45, 2.75) is 46.2 Å². The van der Waals surface area contributed by atoms with Gasteiger partial charge in [0.2, 0.25) is 5.91 Å². The molecule has 1 aromatic carbocycles. The van der Waals surface area contributed by atoms with Crippen molar-refractivity contribution >= 4 is 5.91 Å². The molecule has 19 heavy (non-hydrogen) atoms. The summed E-state index contributed by atoms with van der Waals surface area (Å²) < 4.78 is 0. The minimum absolute atomic E-state index is 0.0554. The summed E-state index contributed by atoms with van der Waals surface area (Å²) in [7, 11) is 0. The van der Waals surface area contributed by atoms with E-state index in [0.717, 1.165) is 12.0 Å². The number of amides is 1. The van der Waals surface area contributed by atoms with E-state index in [2.05, 4.69) is 31.4 Å². The third-order valence-electron chi connectivity index (χ3n) is 3.40. The fourth-order valence-corrected chi connectivity index (χ4v) is 1.98. The summed E-state index contributed by atoms with van der Waals surface area (Å²) in [5.41, 5.74) is 1.13. The quantitative estimate of drug-likeness (QED) is 0.756. The highest BCUT2D eigenvalue weighted by atomic mass is 16.1. The molecule has 0 aliphatic heterocycles. The van der Waals surface area contributed by atoms with Crippen LogP contribution in [-0.2, 0) is 11.3 Å². The van der Waals surface area contributed by atoms with Crippen molar-refractivity contribution in [3.63, 3.8) is 0 Å². The van der Waals surface area contributed by atoms with Crippen LogP contribution in [0.5, 0.6) is 0 Å². The molecule has 0 saturated heterocycles. The summed E-state index contributed by atoms with van der Waals surface area (Å²) in [6.45, 7) is 7.57. The van der Waals surface area contributed by atoms with Gasteiger partial charge in [-0.25, -0.2) is 0 Å². The highest BCUT2D eigenvalue weighted by Gasteiger charge is 2.08. The average molecular weight is 262 g/mol. The number of hydrogen-bond acceptors (Lipinski definition) is 2. The van der Waals surface area contributed by atoms with Crippen LogP contribution in [0.15, 0.2) is 30.3 Å². The molecule has 106 valence electrons. The summed E-state index contributed by atoms with van der Waals surface area (Å²) in [4.78, 5) is 11.7. The maximum absolute atomic E-state index is 11.7. The zero-order valence-corrected chi connectivity index (χ0v) is 12.3. The SMILES string of the molecule is CCC(C)CC(C)NCC(=O)NCc1ccccc1. The van der Waals surface area contributed by atoms with E-state index in [1.807, 2.05) is 30.3 Å². The van der Waals surface area contributed by atoms with Crippen LogP contribution < -0.4 is 10.6 Å². The first-order valence-corrected chi connectivity index (χ1v) is 7.15. The largest absolute Gasteiger partial charge is 0.351 e. The molecule has 0 aliphatic carbocycles. The Morgan fingerprint density at radius 3 is 2.53 bits per heavy atom. The fraction of sp³-hybridized carbons (Fsp3) is 0.562. The summed E-state index contributed by atoms with van der Waals surface area (Å²) in [5, 5.41) is 6.19. The van der Waals surface area contributed by atoms with Crippen molar-refractivity contribution in [1.29, 1.82) is 0 Å². The Hall–Kier alpha value is -1.35. The highest BCUT2D eigenvalue weighted by Crippen LogP contribution is 2.08. The molecular weight excluding hydrogens is 236 g/mol. The number of benzene rings is 1. The molecule has 1 rings (SSSR count). The van der Waals surface area contributed by atoms with E-state index in [0.29, 0.717) is 25.0 Å².